The number of benzene rings is 4. The maximum atomic E-state index is 13.5. The van der Waals surface area contributed by atoms with E-state index in [4.69, 9.17) is 16.3 Å². The second-order valence-corrected chi connectivity index (χ2v) is 10.9. The van der Waals surface area contributed by atoms with Crippen LogP contribution >= 0.6 is 23.4 Å². The predicted molar refractivity (Wildman–Crippen MR) is 170 cm³/mol. The minimum absolute atomic E-state index is 0.0592. The number of halogens is 1. The Hall–Kier alpha value is -4.53. The SMILES string of the molecule is CCC(Sc1cccc(NC(=O)/C(=C/c2cccc(OC)c2)NC(=O)c2ccccc2)c1)C(=O)Nc1ccc(Cl)cc1. The van der Waals surface area contributed by atoms with E-state index >= 15 is 0 Å². The Bertz CT molecular complexity index is 1580. The largest absolute Gasteiger partial charge is 0.497 e. The van der Waals surface area contributed by atoms with Crippen molar-refractivity contribution in [2.75, 3.05) is 17.7 Å². The van der Waals surface area contributed by atoms with Crippen LogP contribution in [0.3, 0.4) is 0 Å². The Morgan fingerprint density at radius 2 is 1.60 bits per heavy atom. The van der Waals surface area contributed by atoms with Crippen LogP contribution in [0.25, 0.3) is 6.08 Å². The van der Waals surface area contributed by atoms with E-state index in [1.807, 2.05) is 25.1 Å². The molecule has 0 heterocycles. The maximum Gasteiger partial charge on any atom is 0.272 e. The molecule has 42 heavy (non-hydrogen) atoms. The lowest BCUT2D eigenvalue weighted by molar-refractivity contribution is -0.116. The number of ether oxygens (including phenoxy) is 1. The third-order valence-corrected chi connectivity index (χ3v) is 7.69. The highest BCUT2D eigenvalue weighted by Gasteiger charge is 2.19. The first-order valence-electron chi connectivity index (χ1n) is 13.2. The van der Waals surface area contributed by atoms with Crippen LogP contribution in [0.2, 0.25) is 5.02 Å². The first kappa shape index (κ1) is 30.4. The molecule has 4 aromatic rings. The molecule has 0 spiro atoms. The average molecular weight is 600 g/mol. The first-order valence-corrected chi connectivity index (χ1v) is 14.5. The number of nitrogens with one attached hydrogen (secondary N) is 3. The molecular formula is C33H30ClN3O4S. The van der Waals surface area contributed by atoms with Crippen LogP contribution in [-0.4, -0.2) is 30.1 Å². The number of amides is 3. The van der Waals surface area contributed by atoms with Crippen LogP contribution in [0.5, 0.6) is 5.75 Å². The van der Waals surface area contributed by atoms with Gasteiger partial charge in [0, 0.05) is 26.9 Å². The molecule has 1 atom stereocenters. The molecule has 0 aliphatic heterocycles. The van der Waals surface area contributed by atoms with Crippen molar-refractivity contribution < 1.29 is 19.1 Å². The summed E-state index contributed by atoms with van der Waals surface area (Å²) in [6.07, 6.45) is 2.19. The molecule has 3 N–H and O–H groups in total. The predicted octanol–water partition coefficient (Wildman–Crippen LogP) is 7.27. The molecule has 0 radical (unpaired) electrons. The standard InChI is InChI=1S/C33H30ClN3O4S/c1-3-30(33(40)35-25-17-15-24(34)16-18-25)42-28-14-8-12-26(21-28)36-32(39)29(20-22-9-7-13-27(19-22)41-2)37-31(38)23-10-5-4-6-11-23/h4-21,30H,3H2,1-2H3,(H,35,40)(H,36,39)(H,37,38)/b29-20-. The number of rotatable bonds is 11. The monoisotopic (exact) mass is 599 g/mol. The highest BCUT2D eigenvalue weighted by molar-refractivity contribution is 8.00. The molecule has 4 aromatic carbocycles. The molecule has 1 unspecified atom stereocenters. The van der Waals surface area contributed by atoms with Crippen molar-refractivity contribution in [3.63, 3.8) is 0 Å². The number of anilines is 2. The Morgan fingerprint density at radius 3 is 2.31 bits per heavy atom. The Labute approximate surface area is 254 Å². The van der Waals surface area contributed by atoms with Gasteiger partial charge in [0.05, 0.1) is 12.4 Å². The summed E-state index contributed by atoms with van der Waals surface area (Å²) < 4.78 is 5.30. The van der Waals surface area contributed by atoms with Gasteiger partial charge in [-0.3, -0.25) is 14.4 Å². The van der Waals surface area contributed by atoms with Crippen molar-refractivity contribution in [1.82, 2.24) is 5.32 Å². The van der Waals surface area contributed by atoms with E-state index in [0.29, 0.717) is 39.7 Å². The van der Waals surface area contributed by atoms with E-state index in [2.05, 4.69) is 16.0 Å². The number of hydrogen-bond donors (Lipinski definition) is 3. The lowest BCUT2D eigenvalue weighted by Crippen LogP contribution is -2.30. The van der Waals surface area contributed by atoms with Crippen molar-refractivity contribution in [2.45, 2.75) is 23.5 Å². The van der Waals surface area contributed by atoms with E-state index in [-0.39, 0.29) is 16.9 Å². The minimum Gasteiger partial charge on any atom is -0.497 e. The molecule has 0 bridgehead atoms. The number of carbonyl (C=O) groups is 3. The highest BCUT2D eigenvalue weighted by atomic mass is 35.5. The molecular weight excluding hydrogens is 570 g/mol. The van der Waals surface area contributed by atoms with Gasteiger partial charge in [-0.2, -0.15) is 0 Å². The fraction of sp³-hybridized carbons (Fsp3) is 0.121. The third kappa shape index (κ3) is 8.73. The molecule has 0 aliphatic carbocycles. The summed E-state index contributed by atoms with van der Waals surface area (Å²) in [5.74, 6) is -0.432. The van der Waals surface area contributed by atoms with Gasteiger partial charge in [-0.1, -0.05) is 54.9 Å². The van der Waals surface area contributed by atoms with Crippen LogP contribution in [0.15, 0.2) is 114 Å². The van der Waals surface area contributed by atoms with Crippen LogP contribution in [0.1, 0.15) is 29.3 Å². The summed E-state index contributed by atoms with van der Waals surface area (Å²) in [6, 6.07) is 30.0. The zero-order chi connectivity index (χ0) is 29.9. The Balaban J connectivity index is 1.51. The van der Waals surface area contributed by atoms with Crippen LogP contribution < -0.4 is 20.7 Å². The van der Waals surface area contributed by atoms with Gasteiger partial charge in [0.25, 0.3) is 11.8 Å². The van der Waals surface area contributed by atoms with Crippen molar-refractivity contribution >= 4 is 58.5 Å². The van der Waals surface area contributed by atoms with E-state index in [0.717, 1.165) is 4.90 Å². The van der Waals surface area contributed by atoms with Gasteiger partial charge in [-0.05, 0) is 84.8 Å². The van der Waals surface area contributed by atoms with Crippen molar-refractivity contribution in [3.05, 3.63) is 125 Å². The summed E-state index contributed by atoms with van der Waals surface area (Å²) in [6.45, 7) is 1.94. The fourth-order valence-electron chi connectivity index (χ4n) is 3.93. The molecule has 9 heteroatoms. The summed E-state index contributed by atoms with van der Waals surface area (Å²) in [4.78, 5) is 40.1. The van der Waals surface area contributed by atoms with Gasteiger partial charge >= 0.3 is 0 Å². The Morgan fingerprint density at radius 1 is 0.857 bits per heavy atom. The zero-order valence-electron chi connectivity index (χ0n) is 23.1. The van der Waals surface area contributed by atoms with E-state index in [9.17, 15) is 14.4 Å². The van der Waals surface area contributed by atoms with Gasteiger partial charge in [0.1, 0.15) is 11.4 Å². The number of thioether (sulfide) groups is 1. The lowest BCUT2D eigenvalue weighted by Gasteiger charge is -2.16. The summed E-state index contributed by atoms with van der Waals surface area (Å²) >= 11 is 7.34. The average Bonchev–Trinajstić information content (AvgIpc) is 3.01. The summed E-state index contributed by atoms with van der Waals surface area (Å²) in [5.41, 5.74) is 2.34. The van der Waals surface area contributed by atoms with Crippen LogP contribution in [0, 0.1) is 0 Å². The topological polar surface area (TPSA) is 96.5 Å². The van der Waals surface area contributed by atoms with Gasteiger partial charge in [-0.15, -0.1) is 11.8 Å². The molecule has 4 rings (SSSR count). The zero-order valence-corrected chi connectivity index (χ0v) is 24.7. The van der Waals surface area contributed by atoms with E-state index in [1.54, 1.807) is 98.1 Å². The number of methoxy groups -OCH3 is 1. The van der Waals surface area contributed by atoms with Crippen LogP contribution in [-0.2, 0) is 9.59 Å². The smallest absolute Gasteiger partial charge is 0.272 e. The quantitative estimate of drug-likeness (QED) is 0.124. The molecule has 3 amide bonds. The molecule has 0 aliphatic rings. The van der Waals surface area contributed by atoms with Gasteiger partial charge in [0.2, 0.25) is 5.91 Å². The molecule has 0 saturated heterocycles. The van der Waals surface area contributed by atoms with Crippen molar-refractivity contribution in [3.8, 4) is 5.75 Å². The normalized spacial score (nSPS) is 11.7. The van der Waals surface area contributed by atoms with Crippen molar-refractivity contribution in [2.24, 2.45) is 0 Å². The summed E-state index contributed by atoms with van der Waals surface area (Å²) in [5, 5.41) is 8.77. The van der Waals surface area contributed by atoms with Gasteiger partial charge in [-0.25, -0.2) is 0 Å². The van der Waals surface area contributed by atoms with E-state index < -0.39 is 11.8 Å². The molecule has 0 aromatic heterocycles. The number of carbonyl (C=O) groups excluding carboxylic acids is 3. The molecule has 7 nitrogen and oxygen atoms in total. The first-order chi connectivity index (χ1) is 20.3. The second kappa shape index (κ2) is 14.9. The van der Waals surface area contributed by atoms with Crippen LogP contribution in [0.4, 0.5) is 11.4 Å². The molecule has 214 valence electrons. The van der Waals surface area contributed by atoms with Crippen molar-refractivity contribution in [1.29, 1.82) is 0 Å². The van der Waals surface area contributed by atoms with Gasteiger partial charge in [0.15, 0.2) is 0 Å². The second-order valence-electron chi connectivity index (χ2n) is 9.15. The minimum atomic E-state index is -0.503. The third-order valence-electron chi connectivity index (χ3n) is 6.08. The fourth-order valence-corrected chi connectivity index (χ4v) is 5.07. The molecule has 0 saturated carbocycles. The van der Waals surface area contributed by atoms with E-state index in [1.165, 1.54) is 11.8 Å². The Kier molecular flexibility index (Phi) is 10.8. The summed E-state index contributed by atoms with van der Waals surface area (Å²) in [7, 11) is 1.56. The highest BCUT2D eigenvalue weighted by Crippen LogP contribution is 2.29. The number of hydrogen-bond acceptors (Lipinski definition) is 5. The lowest BCUT2D eigenvalue weighted by atomic mass is 10.1. The van der Waals surface area contributed by atoms with Gasteiger partial charge < -0.3 is 20.7 Å². The maximum absolute atomic E-state index is 13.5. The molecule has 0 fully saturated rings.